The van der Waals surface area contributed by atoms with E-state index in [4.69, 9.17) is 4.74 Å². The first-order valence-corrected chi connectivity index (χ1v) is 9.17. The molecule has 0 aliphatic heterocycles. The lowest BCUT2D eigenvalue weighted by Gasteiger charge is -2.10. The molecule has 10 heteroatoms. The van der Waals surface area contributed by atoms with Gasteiger partial charge in [-0.2, -0.15) is 13.2 Å². The van der Waals surface area contributed by atoms with E-state index in [0.717, 1.165) is 17.7 Å². The van der Waals surface area contributed by atoms with Crippen molar-refractivity contribution < 1.29 is 31.1 Å². The van der Waals surface area contributed by atoms with E-state index in [1.54, 1.807) is 24.3 Å². The maximum atomic E-state index is 12.1. The molecule has 146 valence electrons. The Kier molecular flexibility index (Phi) is 6.45. The number of halogens is 3. The lowest BCUT2D eigenvalue weighted by molar-refractivity contribution is -0.121. The molecule has 6 nitrogen and oxygen atoms in total. The van der Waals surface area contributed by atoms with Gasteiger partial charge in [0.05, 0.1) is 18.4 Å². The average Bonchev–Trinajstić information content (AvgIpc) is 2.61. The molecule has 1 amide bonds. The van der Waals surface area contributed by atoms with Gasteiger partial charge in [-0.25, -0.2) is 13.1 Å². The lowest BCUT2D eigenvalue weighted by atomic mass is 10.1. The van der Waals surface area contributed by atoms with Gasteiger partial charge in [-0.1, -0.05) is 12.1 Å². The van der Waals surface area contributed by atoms with E-state index < -0.39 is 22.7 Å². The number of alkyl halides is 3. The van der Waals surface area contributed by atoms with E-state index in [-0.39, 0.29) is 17.2 Å². The number of carbonyl (C=O) groups excluding carboxylic acids is 1. The molecule has 0 fully saturated rings. The molecule has 2 N–H and O–H groups in total. The predicted octanol–water partition coefficient (Wildman–Crippen LogP) is 2.72. The summed E-state index contributed by atoms with van der Waals surface area (Å²) in [4.78, 5) is 11.7. The second-order valence-electron chi connectivity index (χ2n) is 5.54. The Morgan fingerprint density at radius 2 is 1.63 bits per heavy atom. The van der Waals surface area contributed by atoms with Crippen molar-refractivity contribution in [1.29, 1.82) is 0 Å². The molecule has 0 heterocycles. The third-order valence-corrected chi connectivity index (χ3v) is 4.85. The Labute approximate surface area is 154 Å². The van der Waals surface area contributed by atoms with Gasteiger partial charge in [-0.3, -0.25) is 4.79 Å². The summed E-state index contributed by atoms with van der Waals surface area (Å²) in [5, 5.41) is 2.59. The molecule has 0 bridgehead atoms. The van der Waals surface area contributed by atoms with E-state index in [9.17, 15) is 26.4 Å². The van der Waals surface area contributed by atoms with Gasteiger partial charge in [0.1, 0.15) is 12.3 Å². The fraction of sp³-hybridized carbons (Fsp3) is 0.235. The quantitative estimate of drug-likeness (QED) is 0.746. The Morgan fingerprint density at radius 3 is 2.15 bits per heavy atom. The van der Waals surface area contributed by atoms with E-state index in [2.05, 4.69) is 5.32 Å². The predicted molar refractivity (Wildman–Crippen MR) is 93.0 cm³/mol. The Balaban J connectivity index is 1.97. The van der Waals surface area contributed by atoms with Gasteiger partial charge in [0.25, 0.3) is 0 Å². The summed E-state index contributed by atoms with van der Waals surface area (Å²) >= 11 is 0. The van der Waals surface area contributed by atoms with Crippen molar-refractivity contribution in [2.75, 3.05) is 19.0 Å². The second kappa shape index (κ2) is 8.40. The molecule has 0 aromatic heterocycles. The number of methoxy groups -OCH3 is 1. The normalized spacial score (nSPS) is 11.9. The van der Waals surface area contributed by atoms with Crippen LogP contribution in [0.3, 0.4) is 0 Å². The molecule has 0 aliphatic carbocycles. The molecular weight excluding hydrogens is 385 g/mol. The summed E-state index contributed by atoms with van der Waals surface area (Å²) < 4.78 is 66.5. The van der Waals surface area contributed by atoms with Crippen LogP contribution in [-0.4, -0.2) is 34.2 Å². The summed E-state index contributed by atoms with van der Waals surface area (Å²) in [6.07, 6.45) is -4.56. The number of carbonyl (C=O) groups is 1. The first-order valence-electron chi connectivity index (χ1n) is 7.68. The van der Waals surface area contributed by atoms with Gasteiger partial charge in [-0.15, -0.1) is 0 Å². The monoisotopic (exact) mass is 402 g/mol. The van der Waals surface area contributed by atoms with E-state index in [0.29, 0.717) is 11.4 Å². The first kappa shape index (κ1) is 20.7. The number of hydrogen-bond acceptors (Lipinski definition) is 4. The molecule has 2 aromatic rings. The van der Waals surface area contributed by atoms with Crippen molar-refractivity contribution in [1.82, 2.24) is 4.72 Å². The molecule has 0 spiro atoms. The summed E-state index contributed by atoms with van der Waals surface area (Å²) in [6.45, 7) is -1.66. The molecule has 0 unspecified atom stereocenters. The molecule has 0 atom stereocenters. The van der Waals surface area contributed by atoms with Crippen LogP contribution in [0, 0.1) is 0 Å². The van der Waals surface area contributed by atoms with Gasteiger partial charge in [0, 0.05) is 5.69 Å². The maximum Gasteiger partial charge on any atom is 0.402 e. The van der Waals surface area contributed by atoms with Gasteiger partial charge >= 0.3 is 6.18 Å². The first-order chi connectivity index (χ1) is 12.6. The zero-order valence-electron chi connectivity index (χ0n) is 14.2. The van der Waals surface area contributed by atoms with Crippen LogP contribution in [0.4, 0.5) is 18.9 Å². The highest BCUT2D eigenvalue weighted by molar-refractivity contribution is 7.89. The van der Waals surface area contributed by atoms with Gasteiger partial charge in [0.2, 0.25) is 15.9 Å². The van der Waals surface area contributed by atoms with Crippen LogP contribution >= 0.6 is 0 Å². The molecule has 0 saturated carbocycles. The number of nitrogens with one attached hydrogen (secondary N) is 2. The third-order valence-electron chi connectivity index (χ3n) is 3.43. The number of amides is 1. The van der Waals surface area contributed by atoms with Gasteiger partial charge in [0.15, 0.2) is 0 Å². The van der Waals surface area contributed by atoms with E-state index >= 15 is 0 Å². The largest absolute Gasteiger partial charge is 0.497 e. The second-order valence-corrected chi connectivity index (χ2v) is 7.30. The molecule has 2 aromatic carbocycles. The van der Waals surface area contributed by atoms with Gasteiger partial charge in [-0.05, 0) is 42.0 Å². The van der Waals surface area contributed by atoms with Crippen molar-refractivity contribution >= 4 is 21.6 Å². The average molecular weight is 402 g/mol. The topological polar surface area (TPSA) is 84.5 Å². The molecule has 0 radical (unpaired) electrons. The Morgan fingerprint density at radius 1 is 1.04 bits per heavy atom. The number of hydrogen-bond donors (Lipinski definition) is 2. The van der Waals surface area contributed by atoms with E-state index in [1.165, 1.54) is 24.0 Å². The molecule has 27 heavy (non-hydrogen) atoms. The standard InChI is InChI=1S/C17H17F3N2O4S/c1-26-14-6-2-12(3-7-14)10-16(23)22-13-4-8-15(9-5-13)27(24,25)21-11-17(18,19)20/h2-9,21H,10-11H2,1H3,(H,22,23). The van der Waals surface area contributed by atoms with Crippen LogP contribution in [-0.2, 0) is 21.2 Å². The smallest absolute Gasteiger partial charge is 0.402 e. The van der Waals surface area contributed by atoms with E-state index in [1.807, 2.05) is 0 Å². The minimum Gasteiger partial charge on any atom is -0.497 e. The van der Waals surface area contributed by atoms with Crippen LogP contribution < -0.4 is 14.8 Å². The highest BCUT2D eigenvalue weighted by Gasteiger charge is 2.30. The molecule has 0 aliphatic rings. The van der Waals surface area contributed by atoms with Crippen LogP contribution in [0.25, 0.3) is 0 Å². The van der Waals surface area contributed by atoms with Crippen molar-refractivity contribution in [2.45, 2.75) is 17.5 Å². The van der Waals surface area contributed by atoms with Gasteiger partial charge < -0.3 is 10.1 Å². The number of anilines is 1. The zero-order valence-corrected chi connectivity index (χ0v) is 15.0. The summed E-state index contributed by atoms with van der Waals surface area (Å²) in [7, 11) is -2.76. The highest BCUT2D eigenvalue weighted by atomic mass is 32.2. The fourth-order valence-corrected chi connectivity index (χ4v) is 3.13. The minimum atomic E-state index is -4.65. The van der Waals surface area contributed by atoms with Crippen LogP contribution in [0.5, 0.6) is 5.75 Å². The molecule has 0 saturated heterocycles. The lowest BCUT2D eigenvalue weighted by Crippen LogP contribution is -2.33. The van der Waals surface area contributed by atoms with Crippen LogP contribution in [0.15, 0.2) is 53.4 Å². The number of sulfonamides is 1. The number of ether oxygens (including phenoxy) is 1. The van der Waals surface area contributed by atoms with Crippen molar-refractivity contribution in [3.63, 3.8) is 0 Å². The van der Waals surface area contributed by atoms with Crippen molar-refractivity contribution in [3.05, 3.63) is 54.1 Å². The van der Waals surface area contributed by atoms with Crippen LogP contribution in [0.2, 0.25) is 0 Å². The zero-order chi connectivity index (χ0) is 20.1. The Hall–Kier alpha value is -2.59. The number of rotatable bonds is 7. The Bertz CT molecular complexity index is 880. The summed E-state index contributed by atoms with van der Waals surface area (Å²) in [5.74, 6) is 0.334. The van der Waals surface area contributed by atoms with Crippen molar-refractivity contribution in [2.24, 2.45) is 0 Å². The summed E-state index contributed by atoms with van der Waals surface area (Å²) in [5.41, 5.74) is 1.08. The van der Waals surface area contributed by atoms with Crippen LogP contribution in [0.1, 0.15) is 5.56 Å². The van der Waals surface area contributed by atoms with Crippen molar-refractivity contribution in [3.8, 4) is 5.75 Å². The molecule has 2 rings (SSSR count). The fourth-order valence-electron chi connectivity index (χ4n) is 2.11. The highest BCUT2D eigenvalue weighted by Crippen LogP contribution is 2.18. The number of benzene rings is 2. The maximum absolute atomic E-state index is 12.1. The SMILES string of the molecule is COc1ccc(CC(=O)Nc2ccc(S(=O)(=O)NCC(F)(F)F)cc2)cc1. The third kappa shape index (κ3) is 6.57. The minimum absolute atomic E-state index is 0.0944. The molecular formula is C17H17F3N2O4S. The summed E-state index contributed by atoms with van der Waals surface area (Å²) in [6, 6.07) is 11.7.